The van der Waals surface area contributed by atoms with Gasteiger partial charge in [-0.25, -0.2) is 14.4 Å². The van der Waals surface area contributed by atoms with Gasteiger partial charge in [0.2, 0.25) is 17.7 Å². The fourth-order valence-electron chi connectivity index (χ4n) is 11.7. The molecule has 3 aliphatic heterocycles. The molecule has 5 aromatic rings. The number of H-pyrrole nitrogens is 1. The van der Waals surface area contributed by atoms with Crippen LogP contribution in [0, 0.1) is 18.3 Å². The SMILES string of the molecule is Cc1csc2c(OC(=O)N(C)CC(C)(C)CN(C)C(=O)OCc3ccc(NC(=O)C(CCCNC(N)=O)NC(=O)C(NC(=O)CCCCCN4C(=O)C=CC4=O)C(C)C)cc3)cc3c(c12)C(CCl)CN3C(=O)C=Cc1cc2cc(OCCN3CCCC3)ccc2[nH]1. The number of carbonyl (C=O) groups excluding carboxylic acids is 9. The Morgan fingerprint density at radius 3 is 2.29 bits per heavy atom. The minimum atomic E-state index is -1.07. The number of aromatic amines is 1. The summed E-state index contributed by atoms with van der Waals surface area (Å²) in [7, 11) is 3.23. The number of primary amides is 1. The molecular formula is C66H84ClN11O12S. The molecule has 0 saturated carbocycles. The van der Waals surface area contributed by atoms with Crippen LogP contribution in [0.1, 0.15) is 107 Å². The highest BCUT2D eigenvalue weighted by atomic mass is 35.5. The molecule has 91 heavy (non-hydrogen) atoms. The van der Waals surface area contributed by atoms with Crippen molar-refractivity contribution in [1.29, 1.82) is 0 Å². The Kier molecular flexibility index (Phi) is 23.7. The first-order valence-corrected chi connectivity index (χ1v) is 32.3. The average molecular weight is 1290 g/mol. The van der Waals surface area contributed by atoms with Crippen molar-refractivity contribution >= 4 is 115 Å². The highest BCUT2D eigenvalue weighted by Gasteiger charge is 2.37. The Hall–Kier alpha value is -8.48. The fraction of sp³-hybridized carbons (Fsp3) is 0.470. The van der Waals surface area contributed by atoms with Crippen molar-refractivity contribution in [3.8, 4) is 11.5 Å². The molecule has 23 nitrogen and oxygen atoms in total. The van der Waals surface area contributed by atoms with E-state index in [1.807, 2.05) is 50.4 Å². The number of thiophene rings is 1. The van der Waals surface area contributed by atoms with Gasteiger partial charge in [0.05, 0.1) is 10.4 Å². The van der Waals surface area contributed by atoms with E-state index in [4.69, 9.17) is 31.5 Å². The summed E-state index contributed by atoms with van der Waals surface area (Å²) < 4.78 is 18.7. The zero-order valence-electron chi connectivity index (χ0n) is 52.8. The molecule has 0 aliphatic carbocycles. The molecule has 0 spiro atoms. The van der Waals surface area contributed by atoms with Crippen LogP contribution in [0.2, 0.25) is 0 Å². The van der Waals surface area contributed by atoms with Gasteiger partial charge >= 0.3 is 18.2 Å². The zero-order valence-corrected chi connectivity index (χ0v) is 54.4. The maximum Gasteiger partial charge on any atom is 0.415 e. The van der Waals surface area contributed by atoms with Crippen molar-refractivity contribution in [2.75, 3.05) is 89.2 Å². The van der Waals surface area contributed by atoms with Crippen molar-refractivity contribution in [2.24, 2.45) is 17.1 Å². The largest absolute Gasteiger partial charge is 0.492 e. The number of alkyl halides is 1. The third-order valence-electron chi connectivity index (χ3n) is 16.2. The van der Waals surface area contributed by atoms with E-state index in [-0.39, 0.29) is 93.4 Å². The second-order valence-electron chi connectivity index (χ2n) is 24.7. The van der Waals surface area contributed by atoms with Gasteiger partial charge in [-0.1, -0.05) is 46.2 Å². The first kappa shape index (κ1) is 68.4. The standard InChI is InChI=1S/C66H84ClN11O12S/c1-41(2)59(73-53(79)15-9-8-10-29-77-54(80)24-25-55(77)81)62(84)72-50(14-13-26-69-63(68)85)61(83)71-46-18-16-43(17-19-46)37-89-64(86)74(6)39-66(4,5)40-75(7)65(87)90-52-34-51-58(57-42(3)38-91-60(52)57)45(35-67)36-78(51)56(82)23-20-47-32-44-33-48(21-22-49(44)70-47)88-31-30-76-27-11-12-28-76/h16-25,32-34,38,41,45,50,59,70H,8-15,26-31,35-37,39-40H2,1-7H3,(H,71,83)(H,72,84)(H,73,79)(H3,68,69,85). The second-order valence-corrected chi connectivity index (χ2v) is 25.9. The Morgan fingerprint density at radius 2 is 1.59 bits per heavy atom. The van der Waals surface area contributed by atoms with Gasteiger partial charge in [-0.05, 0) is 129 Å². The zero-order chi connectivity index (χ0) is 65.5. The number of ether oxygens (including phenoxy) is 3. The van der Waals surface area contributed by atoms with Crippen molar-refractivity contribution in [3.63, 3.8) is 0 Å². The monoisotopic (exact) mass is 1290 g/mol. The van der Waals surface area contributed by atoms with Crippen molar-refractivity contribution in [1.82, 2.24) is 40.5 Å². The van der Waals surface area contributed by atoms with Crippen LogP contribution in [0.3, 0.4) is 0 Å². The molecule has 10 amide bonds. The van der Waals surface area contributed by atoms with Gasteiger partial charge in [-0.2, -0.15) is 0 Å². The van der Waals surface area contributed by atoms with E-state index in [0.29, 0.717) is 55.1 Å². The molecule has 3 aliphatic rings. The minimum Gasteiger partial charge on any atom is -0.492 e. The molecule has 0 bridgehead atoms. The molecule has 3 unspecified atom stereocenters. The highest BCUT2D eigenvalue weighted by Crippen LogP contribution is 2.49. The molecule has 0 radical (unpaired) electrons. The highest BCUT2D eigenvalue weighted by molar-refractivity contribution is 7.17. The summed E-state index contributed by atoms with van der Waals surface area (Å²) >= 11 is 8.06. The summed E-state index contributed by atoms with van der Waals surface area (Å²) in [5.41, 5.74) is 9.82. The van der Waals surface area contributed by atoms with Crippen LogP contribution in [0.25, 0.3) is 27.1 Å². The van der Waals surface area contributed by atoms with Crippen LogP contribution < -0.4 is 41.4 Å². The van der Waals surface area contributed by atoms with Crippen LogP contribution >= 0.6 is 22.9 Å². The Bertz CT molecular complexity index is 3520. The molecule has 25 heteroatoms. The van der Waals surface area contributed by atoms with Crippen LogP contribution in [0.4, 0.5) is 25.8 Å². The summed E-state index contributed by atoms with van der Waals surface area (Å²) in [6, 6.07) is 13.5. The number of benzene rings is 3. The molecule has 2 aromatic heterocycles. The number of rotatable bonds is 30. The molecule has 1 saturated heterocycles. The van der Waals surface area contributed by atoms with E-state index >= 15 is 0 Å². The number of imide groups is 1. The maximum atomic E-state index is 14.1. The van der Waals surface area contributed by atoms with E-state index < -0.39 is 47.5 Å². The molecule has 5 heterocycles. The fourth-order valence-corrected chi connectivity index (χ4v) is 13.0. The minimum absolute atomic E-state index is 0.0983. The number of aryl methyl sites for hydroxylation is 1. The molecule has 7 N–H and O–H groups in total. The van der Waals surface area contributed by atoms with Gasteiger partial charge in [0.25, 0.3) is 17.7 Å². The number of nitrogens with one attached hydrogen (secondary N) is 5. The first-order valence-electron chi connectivity index (χ1n) is 30.9. The number of halogens is 1. The number of nitrogens with two attached hydrogens (primary N) is 1. The number of carbonyl (C=O) groups is 9. The number of anilines is 2. The van der Waals surface area contributed by atoms with E-state index in [0.717, 1.165) is 68.1 Å². The molecule has 3 aromatic carbocycles. The number of nitrogens with zero attached hydrogens (tertiary/aromatic N) is 5. The number of amides is 10. The van der Waals surface area contributed by atoms with Crippen LogP contribution in [-0.2, 0) is 40.1 Å². The molecule has 3 atom stereocenters. The van der Waals surface area contributed by atoms with Gasteiger partial charge in [-0.15, -0.1) is 22.9 Å². The molecular weight excluding hydrogens is 1210 g/mol. The number of hydrogen-bond acceptors (Lipinski definition) is 14. The summed E-state index contributed by atoms with van der Waals surface area (Å²) in [5.74, 6) is -1.59. The van der Waals surface area contributed by atoms with Gasteiger partial charge in [0, 0.05) is 129 Å². The lowest BCUT2D eigenvalue weighted by Crippen LogP contribution is -2.54. The third-order valence-corrected chi connectivity index (χ3v) is 17.7. The Labute approximate surface area is 539 Å². The van der Waals surface area contributed by atoms with Crippen LogP contribution in [0.5, 0.6) is 11.5 Å². The topological polar surface area (TPSA) is 287 Å². The smallest absolute Gasteiger partial charge is 0.415 e. The third kappa shape index (κ3) is 18.6. The predicted octanol–water partition coefficient (Wildman–Crippen LogP) is 8.77. The summed E-state index contributed by atoms with van der Waals surface area (Å²) in [4.78, 5) is 128. The number of likely N-dealkylation sites (tertiary alicyclic amines) is 1. The van der Waals surface area contributed by atoms with E-state index in [9.17, 15) is 43.2 Å². The van der Waals surface area contributed by atoms with Crippen LogP contribution in [0.15, 0.2) is 78.2 Å². The number of unbranched alkanes of at least 4 members (excludes halogenated alkanes) is 2. The lowest BCUT2D eigenvalue weighted by atomic mass is 9.92. The Balaban J connectivity index is 0.812. The molecule has 1 fully saturated rings. The molecule has 8 rings (SSSR count). The lowest BCUT2D eigenvalue weighted by Gasteiger charge is -2.33. The van der Waals surface area contributed by atoms with E-state index in [1.54, 1.807) is 69.3 Å². The maximum absolute atomic E-state index is 14.1. The van der Waals surface area contributed by atoms with Gasteiger partial charge in [-0.3, -0.25) is 38.6 Å². The summed E-state index contributed by atoms with van der Waals surface area (Å²) in [5, 5.41) is 14.7. The quantitative estimate of drug-likeness (QED) is 0.0109. The summed E-state index contributed by atoms with van der Waals surface area (Å²) in [6.07, 6.45) is 9.03. The average Bonchev–Trinajstić information content (AvgIpc) is 1.59. The van der Waals surface area contributed by atoms with Crippen molar-refractivity contribution < 1.29 is 57.4 Å². The number of fused-ring (bicyclic) bond motifs is 4. The number of hydrogen-bond donors (Lipinski definition) is 6. The van der Waals surface area contributed by atoms with Gasteiger partial charge < -0.3 is 60.9 Å². The van der Waals surface area contributed by atoms with Crippen molar-refractivity contribution in [3.05, 3.63) is 101 Å². The normalized spacial score (nSPS) is 15.5. The predicted molar refractivity (Wildman–Crippen MR) is 351 cm³/mol. The van der Waals surface area contributed by atoms with E-state index in [1.165, 1.54) is 52.2 Å². The Morgan fingerprint density at radius 1 is 0.879 bits per heavy atom. The molecule has 488 valence electrons. The summed E-state index contributed by atoms with van der Waals surface area (Å²) in [6.45, 7) is 14.1. The van der Waals surface area contributed by atoms with Gasteiger partial charge in [0.15, 0.2) is 5.75 Å². The lowest BCUT2D eigenvalue weighted by molar-refractivity contribution is -0.137. The number of aromatic nitrogens is 1. The second kappa shape index (κ2) is 31.5. The van der Waals surface area contributed by atoms with Crippen LogP contribution in [-0.4, -0.2) is 169 Å². The van der Waals surface area contributed by atoms with Gasteiger partial charge in [0.1, 0.15) is 31.0 Å². The first-order chi connectivity index (χ1) is 43.5. The van der Waals surface area contributed by atoms with Crippen molar-refractivity contribution in [2.45, 2.75) is 111 Å². The van der Waals surface area contributed by atoms with E-state index in [2.05, 4.69) is 31.2 Å². The number of urea groups is 1.